The van der Waals surface area contributed by atoms with E-state index in [1.54, 1.807) is 7.11 Å². The molecule has 6 heteroatoms. The Bertz CT molecular complexity index is 595. The number of aliphatic hydroxyl groups is 1. The fourth-order valence-corrected chi connectivity index (χ4v) is 2.82. The number of nitrogens with two attached hydrogens (primary N) is 1. The molecule has 1 amide bonds. The van der Waals surface area contributed by atoms with E-state index in [1.165, 1.54) is 11.3 Å². The lowest BCUT2D eigenvalue weighted by atomic mass is 10.2. The highest BCUT2D eigenvalue weighted by molar-refractivity contribution is 7.21. The van der Waals surface area contributed by atoms with Gasteiger partial charge in [0, 0.05) is 23.2 Å². The number of ether oxygens (including phenoxy) is 1. The molecule has 0 saturated carbocycles. The number of carbonyl (C=O) groups excluding carboxylic acids is 1. The molecular weight excluding hydrogens is 264 g/mol. The summed E-state index contributed by atoms with van der Waals surface area (Å²) < 4.78 is 6.07. The van der Waals surface area contributed by atoms with E-state index in [9.17, 15) is 4.79 Å². The van der Waals surface area contributed by atoms with Gasteiger partial charge >= 0.3 is 0 Å². The van der Waals surface area contributed by atoms with Crippen molar-refractivity contribution in [2.45, 2.75) is 6.42 Å². The summed E-state index contributed by atoms with van der Waals surface area (Å²) in [5.41, 5.74) is 6.48. The van der Waals surface area contributed by atoms with Crippen LogP contribution in [-0.2, 0) is 0 Å². The van der Waals surface area contributed by atoms with Crippen molar-refractivity contribution in [1.82, 2.24) is 5.32 Å². The number of methoxy groups -OCH3 is 1. The Morgan fingerprint density at radius 1 is 1.53 bits per heavy atom. The number of thiophene rings is 1. The first-order valence-electron chi connectivity index (χ1n) is 5.92. The summed E-state index contributed by atoms with van der Waals surface area (Å²) in [6, 6.07) is 5.53. The Kier molecular flexibility index (Phi) is 4.24. The molecular formula is C13H16N2O3S. The number of benzene rings is 1. The number of nitrogens with one attached hydrogen (secondary N) is 1. The maximum Gasteiger partial charge on any atom is 0.263 e. The smallest absolute Gasteiger partial charge is 0.263 e. The fraction of sp³-hybridized carbons (Fsp3) is 0.308. The first-order valence-corrected chi connectivity index (χ1v) is 6.74. The van der Waals surface area contributed by atoms with Gasteiger partial charge in [-0.3, -0.25) is 4.79 Å². The van der Waals surface area contributed by atoms with Gasteiger partial charge < -0.3 is 20.9 Å². The molecule has 19 heavy (non-hydrogen) atoms. The van der Waals surface area contributed by atoms with Gasteiger partial charge in [0.2, 0.25) is 0 Å². The molecule has 0 radical (unpaired) electrons. The van der Waals surface area contributed by atoms with Gasteiger partial charge in [0.15, 0.2) is 0 Å². The van der Waals surface area contributed by atoms with Crippen molar-refractivity contribution in [2.75, 3.05) is 26.0 Å². The third-order valence-corrected chi connectivity index (χ3v) is 3.93. The zero-order valence-corrected chi connectivity index (χ0v) is 11.4. The molecule has 0 aliphatic rings. The lowest BCUT2D eigenvalue weighted by Crippen LogP contribution is -2.24. The molecule has 0 bridgehead atoms. The molecule has 0 aliphatic carbocycles. The number of fused-ring (bicyclic) bond motifs is 1. The van der Waals surface area contributed by atoms with E-state index in [4.69, 9.17) is 15.6 Å². The number of carbonyl (C=O) groups is 1. The minimum atomic E-state index is -0.203. The van der Waals surface area contributed by atoms with Crippen molar-refractivity contribution in [2.24, 2.45) is 0 Å². The van der Waals surface area contributed by atoms with Crippen LogP contribution in [0.5, 0.6) is 5.75 Å². The molecule has 0 saturated heterocycles. The quantitative estimate of drug-likeness (QED) is 0.726. The van der Waals surface area contributed by atoms with Gasteiger partial charge in [-0.1, -0.05) is 0 Å². The Morgan fingerprint density at radius 3 is 3.00 bits per heavy atom. The van der Waals surface area contributed by atoms with Crippen LogP contribution in [0.2, 0.25) is 0 Å². The first-order chi connectivity index (χ1) is 9.17. The summed E-state index contributed by atoms with van der Waals surface area (Å²) in [5, 5.41) is 12.3. The van der Waals surface area contributed by atoms with Gasteiger partial charge in [0.1, 0.15) is 10.6 Å². The van der Waals surface area contributed by atoms with Crippen LogP contribution >= 0.6 is 11.3 Å². The number of hydrogen-bond acceptors (Lipinski definition) is 5. The van der Waals surface area contributed by atoms with Crippen molar-refractivity contribution in [1.29, 1.82) is 0 Å². The Labute approximate surface area is 115 Å². The van der Waals surface area contributed by atoms with E-state index >= 15 is 0 Å². The SMILES string of the molecule is COc1ccc2c(N)c(C(=O)NCCCO)sc2c1. The largest absolute Gasteiger partial charge is 0.497 e. The van der Waals surface area contributed by atoms with Gasteiger partial charge in [-0.2, -0.15) is 0 Å². The predicted molar refractivity (Wildman–Crippen MR) is 76.8 cm³/mol. The van der Waals surface area contributed by atoms with Crippen molar-refractivity contribution >= 4 is 33.0 Å². The maximum absolute atomic E-state index is 12.0. The summed E-state index contributed by atoms with van der Waals surface area (Å²) in [4.78, 5) is 12.5. The third-order valence-electron chi connectivity index (χ3n) is 2.76. The fourth-order valence-electron chi connectivity index (χ4n) is 1.75. The summed E-state index contributed by atoms with van der Waals surface area (Å²) in [6.45, 7) is 0.492. The minimum absolute atomic E-state index is 0.0549. The van der Waals surface area contributed by atoms with Crippen LogP contribution in [0.1, 0.15) is 16.1 Å². The highest BCUT2D eigenvalue weighted by atomic mass is 32.1. The predicted octanol–water partition coefficient (Wildman–Crippen LogP) is 1.60. The number of rotatable bonds is 5. The minimum Gasteiger partial charge on any atom is -0.497 e. The van der Waals surface area contributed by atoms with E-state index in [1.807, 2.05) is 18.2 Å². The second kappa shape index (κ2) is 5.90. The van der Waals surface area contributed by atoms with E-state index in [2.05, 4.69) is 5.32 Å². The summed E-state index contributed by atoms with van der Waals surface area (Å²) in [6.07, 6.45) is 0.532. The average molecular weight is 280 g/mol. The van der Waals surface area contributed by atoms with Crippen LogP contribution in [0.25, 0.3) is 10.1 Å². The van der Waals surface area contributed by atoms with Gasteiger partial charge in [-0.05, 0) is 24.6 Å². The van der Waals surface area contributed by atoms with Crippen LogP contribution in [-0.4, -0.2) is 31.3 Å². The van der Waals surface area contributed by atoms with Gasteiger partial charge in [0.25, 0.3) is 5.91 Å². The van der Waals surface area contributed by atoms with Crippen molar-refractivity contribution < 1.29 is 14.6 Å². The molecule has 0 fully saturated rings. The highest BCUT2D eigenvalue weighted by Gasteiger charge is 2.16. The molecule has 2 rings (SSSR count). The molecule has 1 aromatic carbocycles. The van der Waals surface area contributed by atoms with Crippen LogP contribution in [0.3, 0.4) is 0 Å². The summed E-state index contributed by atoms with van der Waals surface area (Å²) >= 11 is 1.34. The number of hydrogen-bond donors (Lipinski definition) is 3. The molecule has 1 heterocycles. The zero-order valence-electron chi connectivity index (χ0n) is 10.6. The monoisotopic (exact) mass is 280 g/mol. The van der Waals surface area contributed by atoms with E-state index in [0.717, 1.165) is 15.8 Å². The second-order valence-electron chi connectivity index (χ2n) is 4.04. The Balaban J connectivity index is 2.28. The van der Waals surface area contributed by atoms with Crippen LogP contribution in [0.4, 0.5) is 5.69 Å². The van der Waals surface area contributed by atoms with Gasteiger partial charge in [0.05, 0.1) is 12.8 Å². The maximum atomic E-state index is 12.0. The van der Waals surface area contributed by atoms with Crippen LogP contribution in [0.15, 0.2) is 18.2 Å². The number of nitrogen functional groups attached to an aromatic ring is 1. The van der Waals surface area contributed by atoms with E-state index in [0.29, 0.717) is 23.5 Å². The topological polar surface area (TPSA) is 84.6 Å². The Hall–Kier alpha value is -1.79. The highest BCUT2D eigenvalue weighted by Crippen LogP contribution is 2.35. The molecule has 2 aromatic rings. The molecule has 0 atom stereocenters. The lowest BCUT2D eigenvalue weighted by Gasteiger charge is -2.02. The van der Waals surface area contributed by atoms with Crippen molar-refractivity contribution in [3.8, 4) is 5.75 Å². The van der Waals surface area contributed by atoms with Crippen molar-refractivity contribution in [3.05, 3.63) is 23.1 Å². The normalized spacial score (nSPS) is 10.6. The third kappa shape index (κ3) is 2.80. The number of aliphatic hydroxyl groups excluding tert-OH is 1. The second-order valence-corrected chi connectivity index (χ2v) is 5.09. The molecule has 0 unspecified atom stereocenters. The van der Waals surface area contributed by atoms with Gasteiger partial charge in [-0.15, -0.1) is 11.3 Å². The molecule has 0 spiro atoms. The molecule has 4 N–H and O–H groups in total. The standard InChI is InChI=1S/C13H16N2O3S/c1-18-8-3-4-9-10(7-8)19-12(11(9)14)13(17)15-5-2-6-16/h3-4,7,16H,2,5-6,14H2,1H3,(H,15,17). The summed E-state index contributed by atoms with van der Waals surface area (Å²) in [7, 11) is 1.60. The Morgan fingerprint density at radius 2 is 2.32 bits per heavy atom. The average Bonchev–Trinajstić information content (AvgIpc) is 2.75. The number of amides is 1. The molecule has 1 aromatic heterocycles. The van der Waals surface area contributed by atoms with E-state index in [-0.39, 0.29) is 12.5 Å². The number of anilines is 1. The van der Waals surface area contributed by atoms with Crippen LogP contribution in [0, 0.1) is 0 Å². The molecule has 102 valence electrons. The lowest BCUT2D eigenvalue weighted by molar-refractivity contribution is 0.0956. The van der Waals surface area contributed by atoms with E-state index < -0.39 is 0 Å². The molecule has 5 nitrogen and oxygen atoms in total. The van der Waals surface area contributed by atoms with Crippen molar-refractivity contribution in [3.63, 3.8) is 0 Å². The zero-order chi connectivity index (χ0) is 13.8. The van der Waals surface area contributed by atoms with Crippen LogP contribution < -0.4 is 15.8 Å². The first kappa shape index (κ1) is 13.6. The van der Waals surface area contributed by atoms with Gasteiger partial charge in [-0.25, -0.2) is 0 Å². The molecule has 0 aliphatic heterocycles. The summed E-state index contributed by atoms with van der Waals surface area (Å²) in [5.74, 6) is 0.534.